The number of aryl methyl sites for hydroxylation is 1. The van der Waals surface area contributed by atoms with E-state index in [1.54, 1.807) is 20.0 Å². The monoisotopic (exact) mass is 249 g/mol. The minimum atomic E-state index is -1.14. The number of amides is 1. The number of anilines is 1. The third-order valence-electron chi connectivity index (χ3n) is 2.46. The van der Waals surface area contributed by atoms with E-state index in [0.29, 0.717) is 11.4 Å². The van der Waals surface area contributed by atoms with Crippen LogP contribution in [0.2, 0.25) is 0 Å². The molecule has 0 atom stereocenters. The Balaban J connectivity index is 2.30. The number of hydrogen-bond donors (Lipinski definition) is 2. The van der Waals surface area contributed by atoms with Crippen LogP contribution in [0.25, 0.3) is 0 Å². The van der Waals surface area contributed by atoms with Gasteiger partial charge in [0.1, 0.15) is 5.82 Å². The maximum atomic E-state index is 11.8. The minimum Gasteiger partial charge on any atom is -0.476 e. The fourth-order valence-corrected chi connectivity index (χ4v) is 1.58. The molecule has 0 saturated carbocycles. The Labute approximate surface area is 102 Å². The maximum absolute atomic E-state index is 11.8. The summed E-state index contributed by atoms with van der Waals surface area (Å²) in [7, 11) is 1.55. The molecule has 2 aromatic heterocycles. The minimum absolute atomic E-state index is 0.0905. The van der Waals surface area contributed by atoms with Gasteiger partial charge in [-0.2, -0.15) is 5.10 Å². The second kappa shape index (κ2) is 4.36. The van der Waals surface area contributed by atoms with E-state index in [1.165, 1.54) is 17.0 Å². The number of hydrogen-bond acceptors (Lipinski definition) is 4. The van der Waals surface area contributed by atoms with Gasteiger partial charge in [0.25, 0.3) is 5.91 Å². The average Bonchev–Trinajstić information content (AvgIpc) is 2.92. The number of nitrogens with zero attached hydrogens (tertiary/aromatic N) is 2. The molecule has 0 unspecified atom stereocenters. The van der Waals surface area contributed by atoms with Gasteiger partial charge in [0.05, 0.1) is 6.26 Å². The summed E-state index contributed by atoms with van der Waals surface area (Å²) in [4.78, 5) is 22.7. The fourth-order valence-electron chi connectivity index (χ4n) is 1.58. The van der Waals surface area contributed by atoms with Gasteiger partial charge in [-0.25, -0.2) is 4.79 Å². The van der Waals surface area contributed by atoms with Gasteiger partial charge < -0.3 is 14.8 Å². The molecule has 2 aromatic rings. The van der Waals surface area contributed by atoms with Crippen molar-refractivity contribution in [3.8, 4) is 0 Å². The molecule has 7 nitrogen and oxygen atoms in total. The molecule has 0 fully saturated rings. The second-order valence-electron chi connectivity index (χ2n) is 3.68. The predicted molar refractivity (Wildman–Crippen MR) is 61.6 cm³/mol. The zero-order valence-electron chi connectivity index (χ0n) is 9.80. The van der Waals surface area contributed by atoms with Crippen LogP contribution >= 0.6 is 0 Å². The zero-order valence-corrected chi connectivity index (χ0v) is 9.80. The molecule has 7 heteroatoms. The highest BCUT2D eigenvalue weighted by Crippen LogP contribution is 2.18. The summed E-state index contributed by atoms with van der Waals surface area (Å²) in [6.45, 7) is 1.58. The molecule has 0 radical (unpaired) electrons. The van der Waals surface area contributed by atoms with Crippen LogP contribution in [0.5, 0.6) is 0 Å². The van der Waals surface area contributed by atoms with E-state index in [-0.39, 0.29) is 11.5 Å². The number of carboxylic acids is 1. The van der Waals surface area contributed by atoms with Crippen molar-refractivity contribution in [2.75, 3.05) is 5.32 Å². The van der Waals surface area contributed by atoms with Crippen molar-refractivity contribution in [3.63, 3.8) is 0 Å². The Morgan fingerprint density at radius 3 is 2.72 bits per heavy atom. The fraction of sp³-hybridized carbons (Fsp3) is 0.182. The Hall–Kier alpha value is -2.57. The van der Waals surface area contributed by atoms with E-state index < -0.39 is 11.9 Å². The summed E-state index contributed by atoms with van der Waals surface area (Å²) in [5.74, 6) is -1.12. The number of furan rings is 1. The van der Waals surface area contributed by atoms with Gasteiger partial charge in [0.15, 0.2) is 11.5 Å². The first-order valence-corrected chi connectivity index (χ1v) is 5.12. The van der Waals surface area contributed by atoms with E-state index in [4.69, 9.17) is 9.52 Å². The number of rotatable bonds is 3. The standard InChI is InChI=1S/C11H11N3O4/c1-6-8(11(16)17)13-14(2)9(6)12-10(15)7-4-3-5-18-7/h3-5H,1-2H3,(H,12,15)(H,16,17). The highest BCUT2D eigenvalue weighted by molar-refractivity contribution is 6.03. The van der Waals surface area contributed by atoms with Crippen LogP contribution in [0.1, 0.15) is 26.6 Å². The molecule has 1 amide bonds. The second-order valence-corrected chi connectivity index (χ2v) is 3.68. The Morgan fingerprint density at radius 1 is 1.50 bits per heavy atom. The van der Waals surface area contributed by atoms with Crippen LogP contribution in [-0.2, 0) is 7.05 Å². The lowest BCUT2D eigenvalue weighted by molar-refractivity contribution is 0.0688. The molecule has 2 rings (SSSR count). The number of nitrogens with one attached hydrogen (secondary N) is 1. The summed E-state index contributed by atoms with van der Waals surface area (Å²) < 4.78 is 6.25. The summed E-state index contributed by atoms with van der Waals surface area (Å²) in [5, 5.41) is 15.3. The van der Waals surface area contributed by atoms with Gasteiger partial charge in [0.2, 0.25) is 0 Å². The van der Waals surface area contributed by atoms with Crippen LogP contribution in [0.3, 0.4) is 0 Å². The van der Waals surface area contributed by atoms with E-state index in [1.807, 2.05) is 0 Å². The van der Waals surface area contributed by atoms with Crippen LogP contribution in [-0.4, -0.2) is 26.8 Å². The lowest BCUT2D eigenvalue weighted by Crippen LogP contribution is -2.14. The lowest BCUT2D eigenvalue weighted by Gasteiger charge is -2.04. The first-order valence-electron chi connectivity index (χ1n) is 5.12. The number of aromatic nitrogens is 2. The predicted octanol–water partition coefficient (Wildman–Crippen LogP) is 1.27. The lowest BCUT2D eigenvalue weighted by atomic mass is 10.2. The molecule has 0 saturated heterocycles. The SMILES string of the molecule is Cc1c(C(=O)O)nn(C)c1NC(=O)c1ccco1. The van der Waals surface area contributed by atoms with Crippen molar-refractivity contribution >= 4 is 17.7 Å². The van der Waals surface area contributed by atoms with Crippen molar-refractivity contribution in [2.24, 2.45) is 7.05 Å². The Kier molecular flexibility index (Phi) is 2.88. The van der Waals surface area contributed by atoms with Gasteiger partial charge >= 0.3 is 5.97 Å². The smallest absolute Gasteiger partial charge is 0.356 e. The topological polar surface area (TPSA) is 97.4 Å². The molecular formula is C11H11N3O4. The summed E-state index contributed by atoms with van der Waals surface area (Å²) in [6, 6.07) is 3.10. The molecular weight excluding hydrogens is 238 g/mol. The van der Waals surface area contributed by atoms with Gasteiger partial charge in [-0.15, -0.1) is 0 Å². The van der Waals surface area contributed by atoms with Crippen LogP contribution < -0.4 is 5.32 Å². The van der Waals surface area contributed by atoms with Gasteiger partial charge in [-0.05, 0) is 19.1 Å². The number of carboxylic acid groups (broad SMARTS) is 1. The van der Waals surface area contributed by atoms with E-state index in [9.17, 15) is 9.59 Å². The van der Waals surface area contributed by atoms with Gasteiger partial charge in [0, 0.05) is 12.6 Å². The van der Waals surface area contributed by atoms with Crippen LogP contribution in [0.15, 0.2) is 22.8 Å². The molecule has 0 aliphatic rings. The normalized spacial score (nSPS) is 10.3. The highest BCUT2D eigenvalue weighted by atomic mass is 16.4. The van der Waals surface area contributed by atoms with E-state index in [2.05, 4.69) is 10.4 Å². The molecule has 0 bridgehead atoms. The first kappa shape index (κ1) is 11.9. The maximum Gasteiger partial charge on any atom is 0.356 e. The molecule has 2 heterocycles. The van der Waals surface area contributed by atoms with Crippen molar-refractivity contribution < 1.29 is 19.1 Å². The average molecular weight is 249 g/mol. The van der Waals surface area contributed by atoms with Crippen LogP contribution in [0, 0.1) is 6.92 Å². The zero-order chi connectivity index (χ0) is 13.3. The molecule has 0 spiro atoms. The number of carbonyl (C=O) groups excluding carboxylic acids is 1. The number of aromatic carboxylic acids is 1. The molecule has 2 N–H and O–H groups in total. The van der Waals surface area contributed by atoms with Gasteiger partial charge in [-0.1, -0.05) is 0 Å². The van der Waals surface area contributed by atoms with Crippen molar-refractivity contribution in [2.45, 2.75) is 6.92 Å². The van der Waals surface area contributed by atoms with Crippen molar-refractivity contribution in [3.05, 3.63) is 35.4 Å². The number of carbonyl (C=O) groups is 2. The summed E-state index contributed by atoms with van der Waals surface area (Å²) >= 11 is 0. The van der Waals surface area contributed by atoms with Crippen LogP contribution in [0.4, 0.5) is 5.82 Å². The Morgan fingerprint density at radius 2 is 2.22 bits per heavy atom. The molecule has 18 heavy (non-hydrogen) atoms. The highest BCUT2D eigenvalue weighted by Gasteiger charge is 2.20. The van der Waals surface area contributed by atoms with E-state index >= 15 is 0 Å². The quantitative estimate of drug-likeness (QED) is 0.853. The molecule has 0 aromatic carbocycles. The first-order chi connectivity index (χ1) is 8.50. The third-order valence-corrected chi connectivity index (χ3v) is 2.46. The Bertz CT molecular complexity index is 598. The molecule has 94 valence electrons. The van der Waals surface area contributed by atoms with Gasteiger partial charge in [-0.3, -0.25) is 9.48 Å². The largest absolute Gasteiger partial charge is 0.476 e. The van der Waals surface area contributed by atoms with Crippen molar-refractivity contribution in [1.29, 1.82) is 0 Å². The molecule has 0 aliphatic carbocycles. The summed E-state index contributed by atoms with van der Waals surface area (Å²) in [5.41, 5.74) is 0.303. The third kappa shape index (κ3) is 1.97. The summed E-state index contributed by atoms with van der Waals surface area (Å²) in [6.07, 6.45) is 1.38. The molecule has 0 aliphatic heterocycles. The van der Waals surface area contributed by atoms with Crippen molar-refractivity contribution in [1.82, 2.24) is 9.78 Å². The van der Waals surface area contributed by atoms with E-state index in [0.717, 1.165) is 0 Å².